The van der Waals surface area contributed by atoms with E-state index in [-0.39, 0.29) is 23.1 Å². The summed E-state index contributed by atoms with van der Waals surface area (Å²) in [5.41, 5.74) is 1.67. The number of anilines is 1. The number of nitrogens with zero attached hydrogens (tertiary/aromatic N) is 5. The SMILES string of the molecule is Cc1ccc(N2CCCC(c3nnc(CO)n3C)C2)c([N+](=O)[O-])c1. The molecule has 0 aliphatic carbocycles. The Labute approximate surface area is 139 Å². The minimum absolute atomic E-state index is 0.137. The van der Waals surface area contributed by atoms with Gasteiger partial charge in [0, 0.05) is 32.1 Å². The molecular weight excluding hydrogens is 310 g/mol. The molecule has 0 amide bonds. The van der Waals surface area contributed by atoms with E-state index < -0.39 is 0 Å². The Morgan fingerprint density at radius 3 is 2.88 bits per heavy atom. The molecule has 1 aromatic carbocycles. The lowest BCUT2D eigenvalue weighted by molar-refractivity contribution is -0.384. The molecule has 1 unspecified atom stereocenters. The largest absolute Gasteiger partial charge is 0.388 e. The average molecular weight is 331 g/mol. The van der Waals surface area contributed by atoms with Gasteiger partial charge in [0.25, 0.3) is 5.69 Å². The van der Waals surface area contributed by atoms with Gasteiger partial charge in [-0.25, -0.2) is 0 Å². The van der Waals surface area contributed by atoms with E-state index in [1.807, 2.05) is 30.7 Å². The number of aryl methyl sites for hydroxylation is 1. The van der Waals surface area contributed by atoms with Crippen molar-refractivity contribution >= 4 is 11.4 Å². The maximum atomic E-state index is 11.4. The Bertz CT molecular complexity index is 758. The van der Waals surface area contributed by atoms with Gasteiger partial charge in [-0.05, 0) is 31.4 Å². The molecule has 1 aliphatic heterocycles. The van der Waals surface area contributed by atoms with Gasteiger partial charge in [-0.3, -0.25) is 10.1 Å². The third-order valence-electron chi connectivity index (χ3n) is 4.59. The fraction of sp³-hybridized carbons (Fsp3) is 0.500. The molecule has 0 saturated carbocycles. The molecule has 24 heavy (non-hydrogen) atoms. The van der Waals surface area contributed by atoms with E-state index in [2.05, 4.69) is 15.1 Å². The van der Waals surface area contributed by atoms with Gasteiger partial charge < -0.3 is 14.6 Å². The fourth-order valence-electron chi connectivity index (χ4n) is 3.32. The van der Waals surface area contributed by atoms with E-state index in [9.17, 15) is 15.2 Å². The number of rotatable bonds is 4. The zero-order valence-corrected chi connectivity index (χ0v) is 13.8. The summed E-state index contributed by atoms with van der Waals surface area (Å²) in [5.74, 6) is 1.49. The van der Waals surface area contributed by atoms with Crippen molar-refractivity contribution in [3.05, 3.63) is 45.5 Å². The Kier molecular flexibility index (Phi) is 4.48. The van der Waals surface area contributed by atoms with Crippen molar-refractivity contribution in [2.45, 2.75) is 32.3 Å². The molecule has 1 aliphatic rings. The van der Waals surface area contributed by atoms with Crippen molar-refractivity contribution in [1.29, 1.82) is 0 Å². The van der Waals surface area contributed by atoms with Crippen LogP contribution in [0.5, 0.6) is 0 Å². The number of nitro groups is 1. The van der Waals surface area contributed by atoms with E-state index >= 15 is 0 Å². The van der Waals surface area contributed by atoms with Gasteiger partial charge in [0.2, 0.25) is 0 Å². The van der Waals surface area contributed by atoms with Crippen LogP contribution >= 0.6 is 0 Å². The van der Waals surface area contributed by atoms with Crippen LogP contribution in [0.2, 0.25) is 0 Å². The van der Waals surface area contributed by atoms with Crippen LogP contribution in [0.25, 0.3) is 0 Å². The van der Waals surface area contributed by atoms with Crippen molar-refractivity contribution in [3.8, 4) is 0 Å². The van der Waals surface area contributed by atoms with E-state index in [4.69, 9.17) is 0 Å². The molecule has 1 atom stereocenters. The molecule has 1 N–H and O–H groups in total. The molecule has 8 nitrogen and oxygen atoms in total. The monoisotopic (exact) mass is 331 g/mol. The molecule has 0 bridgehead atoms. The van der Waals surface area contributed by atoms with E-state index in [1.165, 1.54) is 0 Å². The third-order valence-corrected chi connectivity index (χ3v) is 4.59. The van der Waals surface area contributed by atoms with Gasteiger partial charge in [-0.1, -0.05) is 6.07 Å². The highest BCUT2D eigenvalue weighted by atomic mass is 16.6. The van der Waals surface area contributed by atoms with Crippen molar-refractivity contribution in [2.75, 3.05) is 18.0 Å². The topological polar surface area (TPSA) is 97.3 Å². The van der Waals surface area contributed by atoms with Crippen molar-refractivity contribution in [2.24, 2.45) is 7.05 Å². The second-order valence-corrected chi connectivity index (χ2v) is 6.23. The Balaban J connectivity index is 1.89. The lowest BCUT2D eigenvalue weighted by Crippen LogP contribution is -2.35. The summed E-state index contributed by atoms with van der Waals surface area (Å²) in [4.78, 5) is 13.1. The van der Waals surface area contributed by atoms with Crippen LogP contribution in [0.3, 0.4) is 0 Å². The molecule has 0 spiro atoms. The number of benzene rings is 1. The van der Waals surface area contributed by atoms with Crippen LogP contribution in [0.1, 0.15) is 36.0 Å². The highest BCUT2D eigenvalue weighted by Crippen LogP contribution is 2.34. The van der Waals surface area contributed by atoms with Crippen LogP contribution in [0, 0.1) is 17.0 Å². The van der Waals surface area contributed by atoms with E-state index in [1.54, 1.807) is 6.07 Å². The van der Waals surface area contributed by atoms with Gasteiger partial charge in [0.15, 0.2) is 5.82 Å². The van der Waals surface area contributed by atoms with Crippen molar-refractivity contribution in [1.82, 2.24) is 14.8 Å². The van der Waals surface area contributed by atoms with Crippen molar-refractivity contribution in [3.63, 3.8) is 0 Å². The number of aliphatic hydroxyl groups excluding tert-OH is 1. The zero-order chi connectivity index (χ0) is 17.3. The average Bonchev–Trinajstić information content (AvgIpc) is 2.95. The summed E-state index contributed by atoms with van der Waals surface area (Å²) in [7, 11) is 1.84. The number of aliphatic hydroxyl groups is 1. The van der Waals surface area contributed by atoms with Gasteiger partial charge in [-0.2, -0.15) is 0 Å². The highest BCUT2D eigenvalue weighted by Gasteiger charge is 2.29. The molecule has 1 saturated heterocycles. The normalized spacial score (nSPS) is 18.0. The predicted molar refractivity (Wildman–Crippen MR) is 88.9 cm³/mol. The smallest absolute Gasteiger partial charge is 0.292 e. The quantitative estimate of drug-likeness (QED) is 0.679. The molecule has 1 aromatic heterocycles. The Hall–Kier alpha value is -2.48. The number of aromatic nitrogens is 3. The molecule has 2 heterocycles. The van der Waals surface area contributed by atoms with Gasteiger partial charge in [-0.15, -0.1) is 10.2 Å². The first-order chi connectivity index (χ1) is 11.5. The zero-order valence-electron chi connectivity index (χ0n) is 13.8. The van der Waals surface area contributed by atoms with Crippen LogP contribution in [0.4, 0.5) is 11.4 Å². The molecular formula is C16H21N5O3. The maximum absolute atomic E-state index is 11.4. The first kappa shape index (κ1) is 16.4. The van der Waals surface area contributed by atoms with Crippen LogP contribution in [-0.2, 0) is 13.7 Å². The van der Waals surface area contributed by atoms with E-state index in [0.717, 1.165) is 30.8 Å². The lowest BCUT2D eigenvalue weighted by Gasteiger charge is -2.33. The number of nitro benzene ring substituents is 1. The molecule has 3 rings (SSSR count). The van der Waals surface area contributed by atoms with Crippen LogP contribution in [0.15, 0.2) is 18.2 Å². The van der Waals surface area contributed by atoms with Gasteiger partial charge in [0.1, 0.15) is 18.1 Å². The molecule has 1 fully saturated rings. The second-order valence-electron chi connectivity index (χ2n) is 6.23. The van der Waals surface area contributed by atoms with Gasteiger partial charge >= 0.3 is 0 Å². The maximum Gasteiger partial charge on any atom is 0.292 e. The van der Waals surface area contributed by atoms with E-state index in [0.29, 0.717) is 18.1 Å². The molecule has 0 radical (unpaired) electrons. The summed E-state index contributed by atoms with van der Waals surface area (Å²) < 4.78 is 1.82. The molecule has 128 valence electrons. The third kappa shape index (κ3) is 2.96. The van der Waals surface area contributed by atoms with Gasteiger partial charge in [0.05, 0.1) is 4.92 Å². The summed E-state index contributed by atoms with van der Waals surface area (Å²) in [6, 6.07) is 5.34. The molecule has 2 aromatic rings. The second kappa shape index (κ2) is 6.56. The minimum Gasteiger partial charge on any atom is -0.388 e. The fourth-order valence-corrected chi connectivity index (χ4v) is 3.32. The summed E-state index contributed by atoms with van der Waals surface area (Å²) in [6.45, 7) is 3.14. The highest BCUT2D eigenvalue weighted by molar-refractivity contribution is 5.64. The summed E-state index contributed by atoms with van der Waals surface area (Å²) in [6.07, 6.45) is 1.88. The number of piperidine rings is 1. The first-order valence-electron chi connectivity index (χ1n) is 8.00. The predicted octanol–water partition coefficient (Wildman–Crippen LogP) is 1.91. The Morgan fingerprint density at radius 2 is 2.21 bits per heavy atom. The van der Waals surface area contributed by atoms with Crippen LogP contribution in [-0.4, -0.2) is 37.9 Å². The lowest BCUT2D eigenvalue weighted by atomic mass is 9.96. The Morgan fingerprint density at radius 1 is 1.42 bits per heavy atom. The molecule has 8 heteroatoms. The number of hydrogen-bond donors (Lipinski definition) is 1. The minimum atomic E-state index is -0.321. The standard InChI is InChI=1S/C16H21N5O3/c1-11-5-6-13(14(8-11)21(23)24)20-7-3-4-12(9-20)16-18-17-15(10-22)19(16)2/h5-6,8,12,22H,3-4,7,9-10H2,1-2H3. The summed E-state index contributed by atoms with van der Waals surface area (Å²) in [5, 5.41) is 28.9. The number of hydrogen-bond acceptors (Lipinski definition) is 6. The summed E-state index contributed by atoms with van der Waals surface area (Å²) >= 11 is 0. The van der Waals surface area contributed by atoms with Crippen molar-refractivity contribution < 1.29 is 10.0 Å². The first-order valence-corrected chi connectivity index (χ1v) is 8.00. The van der Waals surface area contributed by atoms with Crippen LogP contribution < -0.4 is 4.90 Å².